The minimum atomic E-state index is 0.0628. The first-order valence-electron chi connectivity index (χ1n) is 7.03. The lowest BCUT2D eigenvalue weighted by molar-refractivity contribution is -0.0329. The molecular formula is C15H16Cl2N2O2S. The number of morpholine rings is 1. The van der Waals surface area contributed by atoms with Crippen LogP contribution in [0.1, 0.15) is 11.1 Å². The zero-order valence-corrected chi connectivity index (χ0v) is 14.2. The molecule has 1 aliphatic heterocycles. The molecule has 1 aliphatic rings. The zero-order valence-electron chi connectivity index (χ0n) is 11.9. The van der Waals surface area contributed by atoms with Crippen molar-refractivity contribution in [1.29, 1.82) is 0 Å². The third-order valence-electron chi connectivity index (χ3n) is 3.44. The van der Waals surface area contributed by atoms with E-state index in [1.165, 1.54) is 0 Å². The van der Waals surface area contributed by atoms with Gasteiger partial charge in [-0.25, -0.2) is 4.98 Å². The summed E-state index contributed by atoms with van der Waals surface area (Å²) in [7, 11) is 0. The van der Waals surface area contributed by atoms with Crippen molar-refractivity contribution in [2.24, 2.45) is 0 Å². The van der Waals surface area contributed by atoms with E-state index in [9.17, 15) is 0 Å². The zero-order chi connectivity index (χ0) is 15.4. The van der Waals surface area contributed by atoms with Crippen LogP contribution in [0.25, 0.3) is 0 Å². The summed E-state index contributed by atoms with van der Waals surface area (Å²) in [5.74, 6) is 0.663. The summed E-state index contributed by atoms with van der Waals surface area (Å²) in [6, 6.07) is 5.25. The van der Waals surface area contributed by atoms with Gasteiger partial charge in [-0.2, -0.15) is 0 Å². The molecule has 1 fully saturated rings. The Kier molecular flexibility index (Phi) is 5.55. The van der Waals surface area contributed by atoms with Crippen molar-refractivity contribution in [2.75, 3.05) is 32.8 Å². The molecule has 1 aromatic heterocycles. The molecule has 0 amide bonds. The monoisotopic (exact) mass is 358 g/mol. The van der Waals surface area contributed by atoms with Gasteiger partial charge in [0.15, 0.2) is 0 Å². The lowest BCUT2D eigenvalue weighted by atomic mass is 10.3. The predicted octanol–water partition coefficient (Wildman–Crippen LogP) is 3.90. The highest BCUT2D eigenvalue weighted by molar-refractivity contribution is 7.09. The van der Waals surface area contributed by atoms with Gasteiger partial charge in [0.1, 0.15) is 23.5 Å². The molecule has 1 atom stereocenters. The Hall–Kier alpha value is -0.850. The largest absolute Gasteiger partial charge is 0.491 e. The van der Waals surface area contributed by atoms with Crippen molar-refractivity contribution in [3.8, 4) is 5.75 Å². The van der Waals surface area contributed by atoms with Crippen molar-refractivity contribution < 1.29 is 9.47 Å². The van der Waals surface area contributed by atoms with Gasteiger partial charge in [0.2, 0.25) is 0 Å². The molecule has 3 rings (SSSR count). The predicted molar refractivity (Wildman–Crippen MR) is 89.2 cm³/mol. The molecule has 0 spiro atoms. The van der Waals surface area contributed by atoms with Crippen LogP contribution in [0.4, 0.5) is 0 Å². The van der Waals surface area contributed by atoms with Gasteiger partial charge in [-0.1, -0.05) is 23.2 Å². The fraction of sp³-hybridized carbons (Fsp3) is 0.400. The molecule has 22 heavy (non-hydrogen) atoms. The first-order valence-corrected chi connectivity index (χ1v) is 8.67. The van der Waals surface area contributed by atoms with Crippen LogP contribution in [-0.4, -0.2) is 42.7 Å². The second-order valence-corrected chi connectivity index (χ2v) is 6.72. The van der Waals surface area contributed by atoms with E-state index >= 15 is 0 Å². The normalized spacial score (nSPS) is 19.3. The second-order valence-electron chi connectivity index (χ2n) is 4.95. The number of aromatic nitrogens is 1. The Bertz CT molecular complexity index is 610. The summed E-state index contributed by atoms with van der Waals surface area (Å²) in [6.45, 7) is 3.85. The van der Waals surface area contributed by atoms with Crippen LogP contribution in [-0.2, 0) is 4.74 Å². The number of hydrogen-bond donors (Lipinski definition) is 0. The first-order chi connectivity index (χ1) is 10.7. The van der Waals surface area contributed by atoms with Crippen molar-refractivity contribution in [3.05, 3.63) is 44.8 Å². The molecule has 2 aromatic rings. The molecule has 1 unspecified atom stereocenters. The standard InChI is InChI=1S/C15H16Cl2N2O2S/c16-11-1-2-13(12(17)9-11)20-6-4-19-5-7-21-14(10-19)15-18-3-8-22-15/h1-3,8-9,14H,4-7,10H2. The van der Waals surface area contributed by atoms with E-state index in [4.69, 9.17) is 32.7 Å². The Balaban J connectivity index is 1.49. The van der Waals surface area contributed by atoms with Gasteiger partial charge >= 0.3 is 0 Å². The molecule has 0 radical (unpaired) electrons. The van der Waals surface area contributed by atoms with Gasteiger partial charge in [-0.15, -0.1) is 11.3 Å². The highest BCUT2D eigenvalue weighted by Crippen LogP contribution is 2.28. The van der Waals surface area contributed by atoms with E-state index in [2.05, 4.69) is 9.88 Å². The van der Waals surface area contributed by atoms with Gasteiger partial charge in [-0.05, 0) is 18.2 Å². The molecule has 4 nitrogen and oxygen atoms in total. The lowest BCUT2D eigenvalue weighted by Gasteiger charge is -2.31. The molecule has 7 heteroatoms. The van der Waals surface area contributed by atoms with Crippen LogP contribution in [0.15, 0.2) is 29.8 Å². The van der Waals surface area contributed by atoms with Crippen LogP contribution in [0, 0.1) is 0 Å². The Labute approximate surface area is 143 Å². The van der Waals surface area contributed by atoms with Gasteiger partial charge in [-0.3, -0.25) is 4.90 Å². The molecule has 1 aromatic carbocycles. The van der Waals surface area contributed by atoms with E-state index in [1.807, 2.05) is 11.6 Å². The number of ether oxygens (including phenoxy) is 2. The molecule has 0 aliphatic carbocycles. The van der Waals surface area contributed by atoms with Gasteiger partial charge in [0, 0.05) is 36.2 Å². The average molecular weight is 359 g/mol. The fourth-order valence-corrected chi connectivity index (χ4v) is 3.47. The van der Waals surface area contributed by atoms with Crippen LogP contribution < -0.4 is 4.74 Å². The molecule has 2 heterocycles. The maximum absolute atomic E-state index is 6.09. The van der Waals surface area contributed by atoms with Crippen molar-refractivity contribution in [1.82, 2.24) is 9.88 Å². The highest BCUT2D eigenvalue weighted by atomic mass is 35.5. The fourth-order valence-electron chi connectivity index (χ4n) is 2.33. The van der Waals surface area contributed by atoms with Crippen molar-refractivity contribution in [2.45, 2.75) is 6.10 Å². The molecule has 0 N–H and O–H groups in total. The average Bonchev–Trinajstić information content (AvgIpc) is 3.04. The number of halogens is 2. The van der Waals surface area contributed by atoms with Gasteiger partial charge in [0.05, 0.1) is 11.6 Å². The Morgan fingerprint density at radius 3 is 3.09 bits per heavy atom. The van der Waals surface area contributed by atoms with E-state index < -0.39 is 0 Å². The van der Waals surface area contributed by atoms with Gasteiger partial charge in [0.25, 0.3) is 0 Å². The summed E-state index contributed by atoms with van der Waals surface area (Å²) in [5, 5.41) is 4.15. The molecule has 0 saturated carbocycles. The van der Waals surface area contributed by atoms with E-state index in [0.717, 1.165) is 24.6 Å². The molecular weight excluding hydrogens is 343 g/mol. The summed E-state index contributed by atoms with van der Waals surface area (Å²) < 4.78 is 11.5. The van der Waals surface area contributed by atoms with E-state index in [1.54, 1.807) is 29.5 Å². The Morgan fingerprint density at radius 2 is 2.32 bits per heavy atom. The summed E-state index contributed by atoms with van der Waals surface area (Å²) in [4.78, 5) is 6.65. The highest BCUT2D eigenvalue weighted by Gasteiger charge is 2.23. The SMILES string of the molecule is Clc1ccc(OCCN2CCOC(c3nccs3)C2)c(Cl)c1. The molecule has 0 bridgehead atoms. The molecule has 1 saturated heterocycles. The minimum absolute atomic E-state index is 0.0628. The summed E-state index contributed by atoms with van der Waals surface area (Å²) >= 11 is 13.6. The van der Waals surface area contributed by atoms with Gasteiger partial charge < -0.3 is 9.47 Å². The van der Waals surface area contributed by atoms with Crippen LogP contribution in [0.5, 0.6) is 5.75 Å². The van der Waals surface area contributed by atoms with Crippen molar-refractivity contribution >= 4 is 34.5 Å². The number of nitrogens with zero attached hydrogens (tertiary/aromatic N) is 2. The summed E-state index contributed by atoms with van der Waals surface area (Å²) in [6.07, 6.45) is 1.88. The number of benzene rings is 1. The maximum atomic E-state index is 6.09. The van der Waals surface area contributed by atoms with Crippen LogP contribution in [0.2, 0.25) is 10.0 Å². The second kappa shape index (κ2) is 7.62. The molecule has 118 valence electrons. The lowest BCUT2D eigenvalue weighted by Crippen LogP contribution is -2.40. The van der Waals surface area contributed by atoms with E-state index in [0.29, 0.717) is 29.0 Å². The third kappa shape index (κ3) is 4.12. The smallest absolute Gasteiger partial charge is 0.138 e. The van der Waals surface area contributed by atoms with E-state index in [-0.39, 0.29) is 6.10 Å². The van der Waals surface area contributed by atoms with Crippen LogP contribution in [0.3, 0.4) is 0 Å². The quantitative estimate of drug-likeness (QED) is 0.811. The maximum Gasteiger partial charge on any atom is 0.138 e. The number of rotatable bonds is 5. The third-order valence-corrected chi connectivity index (χ3v) is 4.83. The Morgan fingerprint density at radius 1 is 1.41 bits per heavy atom. The number of hydrogen-bond acceptors (Lipinski definition) is 5. The summed E-state index contributed by atoms with van der Waals surface area (Å²) in [5.41, 5.74) is 0. The van der Waals surface area contributed by atoms with Crippen molar-refractivity contribution in [3.63, 3.8) is 0 Å². The minimum Gasteiger partial charge on any atom is -0.491 e. The number of thiazole rings is 1. The topological polar surface area (TPSA) is 34.6 Å². The first kappa shape index (κ1) is 16.0. The van der Waals surface area contributed by atoms with Crippen LogP contribution >= 0.6 is 34.5 Å².